The van der Waals surface area contributed by atoms with Gasteiger partial charge < -0.3 is 29.2 Å². The third kappa shape index (κ3) is 6.06. The quantitative estimate of drug-likeness (QED) is 0.498. The van der Waals surface area contributed by atoms with Crippen LogP contribution in [0, 0.1) is 0 Å². The SMILES string of the molecule is COc1ccc(CCCNC2CCCC(N3CCc4cc(OC)c(OC)cc4CC3=O)C2)cc1OC. The molecule has 36 heavy (non-hydrogen) atoms. The highest BCUT2D eigenvalue weighted by Gasteiger charge is 2.31. The monoisotopic (exact) mass is 496 g/mol. The van der Waals surface area contributed by atoms with Crippen LogP contribution in [0.5, 0.6) is 23.0 Å². The van der Waals surface area contributed by atoms with Crippen molar-refractivity contribution in [1.29, 1.82) is 0 Å². The number of nitrogens with zero attached hydrogens (tertiary/aromatic N) is 1. The molecular formula is C29H40N2O5. The van der Waals surface area contributed by atoms with Crippen molar-refractivity contribution < 1.29 is 23.7 Å². The molecule has 0 aromatic heterocycles. The number of fused-ring (bicyclic) bond motifs is 1. The maximum atomic E-state index is 13.3. The molecule has 0 bridgehead atoms. The Balaban J connectivity index is 1.29. The average Bonchev–Trinajstić information content (AvgIpc) is 3.07. The molecule has 7 nitrogen and oxygen atoms in total. The predicted octanol–water partition coefficient (Wildman–Crippen LogP) is 4.18. The van der Waals surface area contributed by atoms with Crippen LogP contribution in [0.3, 0.4) is 0 Å². The highest BCUT2D eigenvalue weighted by Crippen LogP contribution is 2.34. The smallest absolute Gasteiger partial charge is 0.227 e. The molecule has 0 saturated heterocycles. The zero-order valence-electron chi connectivity index (χ0n) is 22.1. The van der Waals surface area contributed by atoms with Crippen LogP contribution in [0.25, 0.3) is 0 Å². The van der Waals surface area contributed by atoms with Gasteiger partial charge in [0.05, 0.1) is 34.9 Å². The first-order valence-corrected chi connectivity index (χ1v) is 13.0. The van der Waals surface area contributed by atoms with Crippen molar-refractivity contribution in [2.24, 2.45) is 0 Å². The van der Waals surface area contributed by atoms with Gasteiger partial charge in [0.2, 0.25) is 5.91 Å². The fourth-order valence-electron chi connectivity index (χ4n) is 5.64. The second-order valence-electron chi connectivity index (χ2n) is 9.75. The van der Waals surface area contributed by atoms with E-state index in [1.807, 2.05) is 18.2 Å². The van der Waals surface area contributed by atoms with Gasteiger partial charge in [-0.15, -0.1) is 0 Å². The minimum Gasteiger partial charge on any atom is -0.493 e. The molecule has 0 spiro atoms. The first-order chi connectivity index (χ1) is 17.6. The van der Waals surface area contributed by atoms with Crippen LogP contribution in [0.15, 0.2) is 30.3 Å². The maximum absolute atomic E-state index is 13.3. The van der Waals surface area contributed by atoms with Crippen molar-refractivity contribution in [3.05, 3.63) is 47.0 Å². The van der Waals surface area contributed by atoms with Gasteiger partial charge in [-0.2, -0.15) is 0 Å². The number of methoxy groups -OCH3 is 4. The van der Waals surface area contributed by atoms with Gasteiger partial charge in [-0.25, -0.2) is 0 Å². The Hall–Kier alpha value is -2.93. The topological polar surface area (TPSA) is 69.3 Å². The van der Waals surface area contributed by atoms with E-state index in [-0.39, 0.29) is 5.91 Å². The zero-order valence-corrected chi connectivity index (χ0v) is 22.1. The van der Waals surface area contributed by atoms with Crippen LogP contribution in [0.2, 0.25) is 0 Å². The Labute approximate surface area is 215 Å². The summed E-state index contributed by atoms with van der Waals surface area (Å²) in [6.45, 7) is 1.72. The van der Waals surface area contributed by atoms with Crippen molar-refractivity contribution in [3.8, 4) is 23.0 Å². The lowest BCUT2D eigenvalue weighted by molar-refractivity contribution is -0.133. The van der Waals surface area contributed by atoms with Gasteiger partial charge in [0.25, 0.3) is 0 Å². The van der Waals surface area contributed by atoms with Gasteiger partial charge in [0, 0.05) is 18.6 Å². The van der Waals surface area contributed by atoms with Gasteiger partial charge in [0.15, 0.2) is 23.0 Å². The Kier molecular flexibility index (Phi) is 8.97. The summed E-state index contributed by atoms with van der Waals surface area (Å²) in [5.74, 6) is 3.18. The summed E-state index contributed by atoms with van der Waals surface area (Å²) in [5, 5.41) is 3.76. The Morgan fingerprint density at radius 2 is 1.58 bits per heavy atom. The fraction of sp³-hybridized carbons (Fsp3) is 0.552. The Bertz CT molecular complexity index is 1040. The number of carbonyl (C=O) groups excluding carboxylic acids is 1. The lowest BCUT2D eigenvalue weighted by Gasteiger charge is -2.37. The molecule has 1 saturated carbocycles. The lowest BCUT2D eigenvalue weighted by atomic mass is 9.89. The third-order valence-corrected chi connectivity index (χ3v) is 7.60. The molecular weight excluding hydrogens is 456 g/mol. The minimum atomic E-state index is 0.222. The van der Waals surface area contributed by atoms with Gasteiger partial charge in [-0.1, -0.05) is 6.07 Å². The van der Waals surface area contributed by atoms with Gasteiger partial charge >= 0.3 is 0 Å². The fourth-order valence-corrected chi connectivity index (χ4v) is 5.64. The normalized spacial score (nSPS) is 19.9. The van der Waals surface area contributed by atoms with Crippen LogP contribution >= 0.6 is 0 Å². The van der Waals surface area contributed by atoms with E-state index in [1.165, 1.54) is 17.5 Å². The molecule has 1 aliphatic carbocycles. The molecule has 4 rings (SSSR count). The zero-order chi connectivity index (χ0) is 25.5. The van der Waals surface area contributed by atoms with Crippen LogP contribution < -0.4 is 24.3 Å². The third-order valence-electron chi connectivity index (χ3n) is 7.60. The van der Waals surface area contributed by atoms with E-state index in [1.54, 1.807) is 28.4 Å². The first-order valence-electron chi connectivity index (χ1n) is 13.0. The highest BCUT2D eigenvalue weighted by molar-refractivity contribution is 5.80. The Morgan fingerprint density at radius 3 is 2.31 bits per heavy atom. The standard InChI is InChI=1S/C29H40N2O5/c1-33-25-11-10-20(15-26(25)34-2)7-6-13-30-23-8-5-9-24(19-23)31-14-12-21-16-27(35-3)28(36-4)17-22(21)18-29(31)32/h10-11,15-17,23-24,30H,5-9,12-14,18-19H2,1-4H3. The molecule has 1 fully saturated rings. The number of aryl methyl sites for hydroxylation is 1. The molecule has 196 valence electrons. The van der Waals surface area contributed by atoms with E-state index in [4.69, 9.17) is 18.9 Å². The molecule has 0 radical (unpaired) electrons. The first kappa shape index (κ1) is 26.1. The van der Waals surface area contributed by atoms with Crippen molar-refractivity contribution in [1.82, 2.24) is 10.2 Å². The molecule has 1 amide bonds. The second kappa shape index (κ2) is 12.3. The number of benzene rings is 2. The largest absolute Gasteiger partial charge is 0.493 e. The van der Waals surface area contributed by atoms with E-state index < -0.39 is 0 Å². The molecule has 7 heteroatoms. The van der Waals surface area contributed by atoms with Crippen LogP contribution in [0.4, 0.5) is 0 Å². The van der Waals surface area contributed by atoms with Crippen molar-refractivity contribution in [3.63, 3.8) is 0 Å². The number of rotatable bonds is 10. The summed E-state index contributed by atoms with van der Waals surface area (Å²) >= 11 is 0. The number of carbonyl (C=O) groups is 1. The summed E-state index contributed by atoms with van der Waals surface area (Å²) in [5.41, 5.74) is 3.49. The Morgan fingerprint density at radius 1 is 0.889 bits per heavy atom. The summed E-state index contributed by atoms with van der Waals surface area (Å²) < 4.78 is 21.7. The van der Waals surface area contributed by atoms with Crippen molar-refractivity contribution in [2.75, 3.05) is 41.5 Å². The molecule has 1 heterocycles. The van der Waals surface area contributed by atoms with Crippen LogP contribution in [0.1, 0.15) is 48.8 Å². The number of nitrogens with one attached hydrogen (secondary N) is 1. The second-order valence-corrected chi connectivity index (χ2v) is 9.75. The predicted molar refractivity (Wildman–Crippen MR) is 141 cm³/mol. The van der Waals surface area contributed by atoms with Crippen LogP contribution in [-0.4, -0.2) is 64.4 Å². The molecule has 2 aliphatic rings. The molecule has 2 aromatic rings. The van der Waals surface area contributed by atoms with Gasteiger partial charge in [-0.3, -0.25) is 4.79 Å². The summed E-state index contributed by atoms with van der Waals surface area (Å²) in [6, 6.07) is 10.9. The lowest BCUT2D eigenvalue weighted by Crippen LogP contribution is -2.47. The van der Waals surface area contributed by atoms with E-state index in [9.17, 15) is 4.79 Å². The van der Waals surface area contributed by atoms with Crippen LogP contribution in [-0.2, 0) is 24.1 Å². The van der Waals surface area contributed by atoms with Gasteiger partial charge in [-0.05, 0) is 92.4 Å². The number of hydrogen-bond acceptors (Lipinski definition) is 6. The number of hydrogen-bond donors (Lipinski definition) is 1. The average molecular weight is 497 g/mol. The highest BCUT2D eigenvalue weighted by atomic mass is 16.5. The minimum absolute atomic E-state index is 0.222. The summed E-state index contributed by atoms with van der Waals surface area (Å²) in [6.07, 6.45) is 7.73. The summed E-state index contributed by atoms with van der Waals surface area (Å²) in [7, 11) is 6.62. The molecule has 1 aliphatic heterocycles. The van der Waals surface area contributed by atoms with Crippen molar-refractivity contribution in [2.45, 2.75) is 63.5 Å². The summed E-state index contributed by atoms with van der Waals surface area (Å²) in [4.78, 5) is 15.4. The van der Waals surface area contributed by atoms with Gasteiger partial charge in [0.1, 0.15) is 0 Å². The van der Waals surface area contributed by atoms with E-state index >= 15 is 0 Å². The van der Waals surface area contributed by atoms with E-state index in [0.717, 1.165) is 74.4 Å². The van der Waals surface area contributed by atoms with Crippen molar-refractivity contribution >= 4 is 5.91 Å². The molecule has 2 aromatic carbocycles. The number of ether oxygens (including phenoxy) is 4. The number of amides is 1. The molecule has 2 atom stereocenters. The molecule has 2 unspecified atom stereocenters. The molecule has 1 N–H and O–H groups in total. The van der Waals surface area contributed by atoms with E-state index in [2.05, 4.69) is 22.3 Å². The van der Waals surface area contributed by atoms with E-state index in [0.29, 0.717) is 24.3 Å². The maximum Gasteiger partial charge on any atom is 0.227 e.